The predicted molar refractivity (Wildman–Crippen MR) is 116 cm³/mol. The topological polar surface area (TPSA) is 74.7 Å². The molecule has 0 spiro atoms. The van der Waals surface area contributed by atoms with Crippen LogP contribution in [0.2, 0.25) is 0 Å². The first-order chi connectivity index (χ1) is 14.3. The van der Waals surface area contributed by atoms with Gasteiger partial charge in [0, 0.05) is 5.69 Å². The Morgan fingerprint density at radius 2 is 1.33 bits per heavy atom. The van der Waals surface area contributed by atoms with Gasteiger partial charge in [0.15, 0.2) is 5.76 Å². The number of carbonyl (C=O) groups is 1. The van der Waals surface area contributed by atoms with E-state index in [9.17, 15) is 18.3 Å². The standard InChI is InChI=1S/C24H21NO4S/c1-16-8-12-18(13-9-16)21-23(30(28,29)20-6-4-3-5-7-20)22(26)24(27)25(21)19-14-10-17(2)11-15-19/h3-15,21,26H,1-2H3. The van der Waals surface area contributed by atoms with Crippen LogP contribution in [0.1, 0.15) is 22.7 Å². The molecule has 0 saturated heterocycles. The summed E-state index contributed by atoms with van der Waals surface area (Å²) in [6.45, 7) is 3.85. The molecule has 0 fully saturated rings. The minimum absolute atomic E-state index is 0.0298. The molecule has 3 aromatic carbocycles. The van der Waals surface area contributed by atoms with E-state index in [1.807, 2.05) is 38.1 Å². The summed E-state index contributed by atoms with van der Waals surface area (Å²) < 4.78 is 27.0. The fraction of sp³-hybridized carbons (Fsp3) is 0.125. The van der Waals surface area contributed by atoms with Crippen LogP contribution in [0.25, 0.3) is 0 Å². The number of carbonyl (C=O) groups excluding carboxylic acids is 1. The Bertz CT molecular complexity index is 1230. The highest BCUT2D eigenvalue weighted by Crippen LogP contribution is 2.44. The second-order valence-corrected chi connectivity index (χ2v) is 9.27. The summed E-state index contributed by atoms with van der Waals surface area (Å²) in [4.78, 5) is 14.2. The number of aryl methyl sites for hydroxylation is 2. The van der Waals surface area contributed by atoms with Crippen molar-refractivity contribution in [3.05, 3.63) is 106 Å². The largest absolute Gasteiger partial charge is 0.502 e. The predicted octanol–water partition coefficient (Wildman–Crippen LogP) is 4.63. The van der Waals surface area contributed by atoms with Gasteiger partial charge in [-0.2, -0.15) is 0 Å². The smallest absolute Gasteiger partial charge is 0.295 e. The number of hydrogen-bond donors (Lipinski definition) is 1. The first kappa shape index (κ1) is 19.9. The molecule has 0 aliphatic carbocycles. The zero-order valence-electron chi connectivity index (χ0n) is 16.6. The van der Waals surface area contributed by atoms with Crippen molar-refractivity contribution in [2.24, 2.45) is 0 Å². The van der Waals surface area contributed by atoms with Crippen LogP contribution >= 0.6 is 0 Å². The van der Waals surface area contributed by atoms with Crippen LogP contribution < -0.4 is 4.90 Å². The molecule has 1 aliphatic rings. The third kappa shape index (κ3) is 3.29. The molecule has 5 nitrogen and oxygen atoms in total. The van der Waals surface area contributed by atoms with E-state index in [0.29, 0.717) is 11.3 Å². The van der Waals surface area contributed by atoms with E-state index in [4.69, 9.17) is 0 Å². The van der Waals surface area contributed by atoms with Crippen molar-refractivity contribution in [1.29, 1.82) is 0 Å². The van der Waals surface area contributed by atoms with Crippen molar-refractivity contribution in [2.75, 3.05) is 4.90 Å². The van der Waals surface area contributed by atoms with Gasteiger partial charge in [-0.05, 0) is 43.7 Å². The van der Waals surface area contributed by atoms with Gasteiger partial charge in [-0.25, -0.2) is 8.42 Å². The highest BCUT2D eigenvalue weighted by atomic mass is 32.2. The Balaban J connectivity index is 1.94. The van der Waals surface area contributed by atoms with E-state index in [1.54, 1.807) is 42.5 Å². The number of aliphatic hydroxyl groups is 1. The number of amides is 1. The molecule has 0 aromatic heterocycles. The highest BCUT2D eigenvalue weighted by Gasteiger charge is 2.47. The van der Waals surface area contributed by atoms with Gasteiger partial charge in [0.1, 0.15) is 10.9 Å². The zero-order valence-corrected chi connectivity index (χ0v) is 17.4. The monoisotopic (exact) mass is 419 g/mol. The summed E-state index contributed by atoms with van der Waals surface area (Å²) in [7, 11) is -4.11. The molecule has 1 unspecified atom stereocenters. The summed E-state index contributed by atoms with van der Waals surface area (Å²) in [6.07, 6.45) is 0. The van der Waals surface area contributed by atoms with Crippen LogP contribution in [0.5, 0.6) is 0 Å². The van der Waals surface area contributed by atoms with E-state index >= 15 is 0 Å². The van der Waals surface area contributed by atoms with Crippen molar-refractivity contribution < 1.29 is 18.3 Å². The number of anilines is 1. The maximum Gasteiger partial charge on any atom is 0.295 e. The van der Waals surface area contributed by atoms with Gasteiger partial charge in [-0.15, -0.1) is 0 Å². The normalized spacial score (nSPS) is 16.9. The van der Waals surface area contributed by atoms with Crippen molar-refractivity contribution in [3.8, 4) is 0 Å². The molecule has 1 amide bonds. The molecule has 0 saturated carbocycles. The second-order valence-electron chi connectivity index (χ2n) is 7.35. The average molecular weight is 420 g/mol. The summed E-state index contributed by atoms with van der Waals surface area (Å²) >= 11 is 0. The Morgan fingerprint density at radius 1 is 0.800 bits per heavy atom. The van der Waals surface area contributed by atoms with Crippen LogP contribution in [0.3, 0.4) is 0 Å². The van der Waals surface area contributed by atoms with Crippen LogP contribution in [-0.4, -0.2) is 19.4 Å². The molecular weight excluding hydrogens is 398 g/mol. The van der Waals surface area contributed by atoms with Crippen LogP contribution in [-0.2, 0) is 14.6 Å². The fourth-order valence-corrected chi connectivity index (χ4v) is 5.25. The fourth-order valence-electron chi connectivity index (χ4n) is 3.61. The summed E-state index contributed by atoms with van der Waals surface area (Å²) in [6, 6.07) is 21.4. The lowest BCUT2D eigenvalue weighted by molar-refractivity contribution is -0.117. The van der Waals surface area contributed by atoms with Crippen molar-refractivity contribution >= 4 is 21.4 Å². The van der Waals surface area contributed by atoms with E-state index < -0.39 is 27.5 Å². The van der Waals surface area contributed by atoms with Crippen molar-refractivity contribution in [3.63, 3.8) is 0 Å². The number of hydrogen-bond acceptors (Lipinski definition) is 4. The van der Waals surface area contributed by atoms with Crippen molar-refractivity contribution in [1.82, 2.24) is 0 Å². The molecule has 30 heavy (non-hydrogen) atoms. The lowest BCUT2D eigenvalue weighted by atomic mass is 10.0. The van der Waals surface area contributed by atoms with Crippen LogP contribution in [0.15, 0.2) is 94.4 Å². The van der Waals surface area contributed by atoms with E-state index in [1.165, 1.54) is 17.0 Å². The SMILES string of the molecule is Cc1ccc(C2C(S(=O)(=O)c3ccccc3)=C(O)C(=O)N2c2ccc(C)cc2)cc1. The van der Waals surface area contributed by atoms with Crippen LogP contribution in [0.4, 0.5) is 5.69 Å². The maximum atomic E-state index is 13.5. The quantitative estimate of drug-likeness (QED) is 0.669. The first-order valence-electron chi connectivity index (χ1n) is 9.51. The number of aliphatic hydroxyl groups excluding tert-OH is 1. The second kappa shape index (κ2) is 7.46. The number of sulfone groups is 1. The van der Waals surface area contributed by atoms with Gasteiger partial charge in [0.2, 0.25) is 9.84 Å². The molecule has 0 bridgehead atoms. The molecular formula is C24H21NO4S. The molecule has 1 aliphatic heterocycles. The number of benzene rings is 3. The maximum absolute atomic E-state index is 13.5. The number of nitrogens with zero attached hydrogens (tertiary/aromatic N) is 1. The van der Waals surface area contributed by atoms with E-state index in [-0.39, 0.29) is 9.80 Å². The van der Waals surface area contributed by atoms with E-state index in [0.717, 1.165) is 11.1 Å². The average Bonchev–Trinajstić information content (AvgIpc) is 3.01. The Hall–Kier alpha value is -3.38. The van der Waals surface area contributed by atoms with Gasteiger partial charge in [-0.1, -0.05) is 65.7 Å². The van der Waals surface area contributed by atoms with Gasteiger partial charge >= 0.3 is 0 Å². The minimum Gasteiger partial charge on any atom is -0.502 e. The zero-order chi connectivity index (χ0) is 21.5. The lowest BCUT2D eigenvalue weighted by Crippen LogP contribution is -2.31. The highest BCUT2D eigenvalue weighted by molar-refractivity contribution is 7.95. The molecule has 0 radical (unpaired) electrons. The van der Waals surface area contributed by atoms with E-state index in [2.05, 4.69) is 0 Å². The Labute approximate surface area is 175 Å². The Morgan fingerprint density at radius 3 is 1.90 bits per heavy atom. The number of rotatable bonds is 4. The third-order valence-electron chi connectivity index (χ3n) is 5.21. The van der Waals surface area contributed by atoms with Crippen molar-refractivity contribution in [2.45, 2.75) is 24.8 Å². The Kier molecular flexibility index (Phi) is 4.95. The molecule has 1 heterocycles. The molecule has 6 heteroatoms. The van der Waals surface area contributed by atoms with Gasteiger partial charge in [-0.3, -0.25) is 9.69 Å². The third-order valence-corrected chi connectivity index (χ3v) is 7.10. The van der Waals surface area contributed by atoms with Crippen LogP contribution in [0, 0.1) is 13.8 Å². The lowest BCUT2D eigenvalue weighted by Gasteiger charge is -2.27. The minimum atomic E-state index is -4.11. The summed E-state index contributed by atoms with van der Waals surface area (Å²) in [5.41, 5.74) is 3.13. The molecule has 4 rings (SSSR count). The molecule has 152 valence electrons. The molecule has 1 N–H and O–H groups in total. The van der Waals surface area contributed by atoms with Gasteiger partial charge in [0.25, 0.3) is 5.91 Å². The first-order valence-corrected chi connectivity index (χ1v) is 11.0. The van der Waals surface area contributed by atoms with Gasteiger partial charge < -0.3 is 5.11 Å². The molecule has 3 aromatic rings. The summed E-state index contributed by atoms with van der Waals surface area (Å²) in [5, 5.41) is 10.7. The molecule has 1 atom stereocenters. The van der Waals surface area contributed by atoms with Gasteiger partial charge in [0.05, 0.1) is 4.90 Å². The summed E-state index contributed by atoms with van der Waals surface area (Å²) in [5.74, 6) is -1.48.